The summed E-state index contributed by atoms with van der Waals surface area (Å²) in [6.07, 6.45) is 1.17. The van der Waals surface area contributed by atoms with Gasteiger partial charge in [0.25, 0.3) is 5.91 Å². The van der Waals surface area contributed by atoms with Crippen LogP contribution in [-0.2, 0) is 9.84 Å². The van der Waals surface area contributed by atoms with Crippen LogP contribution in [0.15, 0.2) is 35.2 Å². The fourth-order valence-corrected chi connectivity index (χ4v) is 3.07. The van der Waals surface area contributed by atoms with Crippen molar-refractivity contribution in [1.29, 1.82) is 0 Å². The zero-order chi connectivity index (χ0) is 12.2. The van der Waals surface area contributed by atoms with Crippen molar-refractivity contribution in [2.75, 3.05) is 11.6 Å². The average Bonchev–Trinajstić information content (AvgIpc) is 2.57. The van der Waals surface area contributed by atoms with E-state index in [-0.39, 0.29) is 10.8 Å². The number of benzene rings is 2. The molecule has 2 aromatic carbocycles. The Hall–Kier alpha value is -1.88. The fourth-order valence-electron chi connectivity index (χ4n) is 2.19. The Kier molecular flexibility index (Phi) is 1.86. The number of hydrogen-bond donors (Lipinski definition) is 1. The molecular formula is C12H9NO3S. The van der Waals surface area contributed by atoms with E-state index in [0.717, 1.165) is 0 Å². The van der Waals surface area contributed by atoms with E-state index in [1.54, 1.807) is 24.3 Å². The topological polar surface area (TPSA) is 63.2 Å². The molecule has 0 atom stereocenters. The molecule has 1 aliphatic heterocycles. The summed E-state index contributed by atoms with van der Waals surface area (Å²) >= 11 is 0. The zero-order valence-electron chi connectivity index (χ0n) is 9.02. The first-order chi connectivity index (χ1) is 7.98. The van der Waals surface area contributed by atoms with Crippen molar-refractivity contribution >= 4 is 32.2 Å². The molecule has 0 spiro atoms. The van der Waals surface area contributed by atoms with E-state index in [1.807, 2.05) is 0 Å². The number of nitrogens with one attached hydrogen (secondary N) is 1. The third-order valence-corrected chi connectivity index (χ3v) is 4.05. The number of amides is 1. The Balaban J connectivity index is 2.54. The van der Waals surface area contributed by atoms with Crippen molar-refractivity contribution in [1.82, 2.24) is 0 Å². The van der Waals surface area contributed by atoms with E-state index in [4.69, 9.17) is 0 Å². The molecule has 3 rings (SSSR count). The SMILES string of the molecule is CS(=O)(=O)c1ccc2c3c(cccc13)NC2=O. The second kappa shape index (κ2) is 3.07. The first kappa shape index (κ1) is 10.3. The van der Waals surface area contributed by atoms with Crippen LogP contribution < -0.4 is 5.32 Å². The highest BCUT2D eigenvalue weighted by molar-refractivity contribution is 7.91. The lowest BCUT2D eigenvalue weighted by molar-refractivity contribution is 0.103. The van der Waals surface area contributed by atoms with Crippen LogP contribution in [0.25, 0.3) is 10.8 Å². The molecule has 0 saturated heterocycles. The summed E-state index contributed by atoms with van der Waals surface area (Å²) in [5.41, 5.74) is 1.20. The molecule has 0 aromatic heterocycles. The van der Waals surface area contributed by atoms with Gasteiger partial charge in [0, 0.05) is 28.3 Å². The third-order valence-electron chi connectivity index (χ3n) is 2.89. The maximum absolute atomic E-state index is 11.7. The first-order valence-electron chi connectivity index (χ1n) is 5.05. The molecule has 0 bridgehead atoms. The van der Waals surface area contributed by atoms with Gasteiger partial charge in [-0.25, -0.2) is 8.42 Å². The standard InChI is InChI=1S/C12H9NO3S/c1-17(15,16)10-6-5-8-11-7(10)3-2-4-9(11)13-12(8)14/h2-6H,1H3,(H,13,14). The molecule has 1 aliphatic rings. The lowest BCUT2D eigenvalue weighted by atomic mass is 10.1. The van der Waals surface area contributed by atoms with Gasteiger partial charge < -0.3 is 5.32 Å². The van der Waals surface area contributed by atoms with E-state index in [1.165, 1.54) is 12.3 Å². The highest BCUT2D eigenvalue weighted by atomic mass is 32.2. The number of rotatable bonds is 1. The Morgan fingerprint density at radius 1 is 1.12 bits per heavy atom. The van der Waals surface area contributed by atoms with Crippen LogP contribution in [0.3, 0.4) is 0 Å². The second-order valence-corrected chi connectivity index (χ2v) is 6.05. The van der Waals surface area contributed by atoms with Gasteiger partial charge in [0.15, 0.2) is 9.84 Å². The van der Waals surface area contributed by atoms with Crippen LogP contribution >= 0.6 is 0 Å². The van der Waals surface area contributed by atoms with Crippen molar-refractivity contribution in [3.05, 3.63) is 35.9 Å². The van der Waals surface area contributed by atoms with Crippen molar-refractivity contribution in [3.8, 4) is 0 Å². The summed E-state index contributed by atoms with van der Waals surface area (Å²) in [6.45, 7) is 0. The predicted molar refractivity (Wildman–Crippen MR) is 65.0 cm³/mol. The Morgan fingerprint density at radius 2 is 1.88 bits per heavy atom. The summed E-state index contributed by atoms with van der Waals surface area (Å²) in [4.78, 5) is 11.9. The first-order valence-corrected chi connectivity index (χ1v) is 6.95. The summed E-state index contributed by atoms with van der Waals surface area (Å²) in [6, 6.07) is 8.27. The number of anilines is 1. The van der Waals surface area contributed by atoms with Crippen LogP contribution in [0.4, 0.5) is 5.69 Å². The lowest BCUT2D eigenvalue weighted by Crippen LogP contribution is -2.04. The quantitative estimate of drug-likeness (QED) is 0.835. The van der Waals surface area contributed by atoms with Gasteiger partial charge in [-0.15, -0.1) is 0 Å². The van der Waals surface area contributed by atoms with E-state index in [0.29, 0.717) is 22.0 Å². The minimum absolute atomic E-state index is 0.184. The molecule has 0 radical (unpaired) electrons. The smallest absolute Gasteiger partial charge is 0.256 e. The van der Waals surface area contributed by atoms with Crippen molar-refractivity contribution in [2.45, 2.75) is 4.90 Å². The normalized spacial score (nSPS) is 14.1. The maximum atomic E-state index is 11.7. The minimum Gasteiger partial charge on any atom is -0.321 e. The lowest BCUT2D eigenvalue weighted by Gasteiger charge is -2.05. The highest BCUT2D eigenvalue weighted by Crippen LogP contribution is 2.36. The number of carbonyl (C=O) groups excluding carboxylic acids is 1. The van der Waals surface area contributed by atoms with Gasteiger partial charge in [-0.3, -0.25) is 4.79 Å². The Bertz CT molecular complexity index is 763. The fraction of sp³-hybridized carbons (Fsp3) is 0.0833. The van der Waals surface area contributed by atoms with Gasteiger partial charge in [0.1, 0.15) is 0 Å². The molecule has 1 heterocycles. The van der Waals surface area contributed by atoms with Gasteiger partial charge in [-0.05, 0) is 18.2 Å². The molecule has 17 heavy (non-hydrogen) atoms. The molecule has 0 fully saturated rings. The van der Waals surface area contributed by atoms with Crippen LogP contribution in [0.1, 0.15) is 10.4 Å². The number of carbonyl (C=O) groups is 1. The number of hydrogen-bond acceptors (Lipinski definition) is 3. The highest BCUT2D eigenvalue weighted by Gasteiger charge is 2.24. The van der Waals surface area contributed by atoms with Crippen LogP contribution in [0.5, 0.6) is 0 Å². The Labute approximate surface area is 98.2 Å². The van der Waals surface area contributed by atoms with E-state index in [9.17, 15) is 13.2 Å². The van der Waals surface area contributed by atoms with Gasteiger partial charge in [-0.1, -0.05) is 12.1 Å². The molecule has 1 amide bonds. The van der Waals surface area contributed by atoms with Gasteiger partial charge in [0.05, 0.1) is 4.90 Å². The number of sulfone groups is 1. The molecule has 0 aliphatic carbocycles. The zero-order valence-corrected chi connectivity index (χ0v) is 9.84. The van der Waals surface area contributed by atoms with Crippen LogP contribution in [0, 0.1) is 0 Å². The average molecular weight is 247 g/mol. The van der Waals surface area contributed by atoms with E-state index in [2.05, 4.69) is 5.32 Å². The molecule has 0 unspecified atom stereocenters. The molecule has 1 N–H and O–H groups in total. The molecule has 0 saturated carbocycles. The maximum Gasteiger partial charge on any atom is 0.256 e. The van der Waals surface area contributed by atoms with Gasteiger partial charge >= 0.3 is 0 Å². The molecule has 5 heteroatoms. The summed E-state index contributed by atoms with van der Waals surface area (Å²) in [5.74, 6) is -0.184. The minimum atomic E-state index is -3.29. The third kappa shape index (κ3) is 1.36. The summed E-state index contributed by atoms with van der Waals surface area (Å²) in [7, 11) is -3.29. The monoisotopic (exact) mass is 247 g/mol. The van der Waals surface area contributed by atoms with E-state index < -0.39 is 9.84 Å². The van der Waals surface area contributed by atoms with E-state index >= 15 is 0 Å². The summed E-state index contributed by atoms with van der Waals surface area (Å²) in [5, 5.41) is 4.01. The summed E-state index contributed by atoms with van der Waals surface area (Å²) < 4.78 is 23.3. The van der Waals surface area contributed by atoms with Crippen molar-refractivity contribution in [3.63, 3.8) is 0 Å². The largest absolute Gasteiger partial charge is 0.321 e. The second-order valence-electron chi connectivity index (χ2n) is 4.07. The molecule has 4 nitrogen and oxygen atoms in total. The van der Waals surface area contributed by atoms with Gasteiger partial charge in [0.2, 0.25) is 0 Å². The van der Waals surface area contributed by atoms with Gasteiger partial charge in [-0.2, -0.15) is 0 Å². The predicted octanol–water partition coefficient (Wildman–Crippen LogP) is 1.81. The van der Waals surface area contributed by atoms with Crippen molar-refractivity contribution in [2.24, 2.45) is 0 Å². The molecular weight excluding hydrogens is 238 g/mol. The van der Waals surface area contributed by atoms with Crippen molar-refractivity contribution < 1.29 is 13.2 Å². The molecule has 86 valence electrons. The van der Waals surface area contributed by atoms with Crippen LogP contribution in [0.2, 0.25) is 0 Å². The van der Waals surface area contributed by atoms with Crippen LogP contribution in [-0.4, -0.2) is 20.6 Å². The Morgan fingerprint density at radius 3 is 2.59 bits per heavy atom. The molecule has 2 aromatic rings.